The second kappa shape index (κ2) is 5.73. The lowest BCUT2D eigenvalue weighted by atomic mass is 10.4. The van der Waals surface area contributed by atoms with E-state index in [-0.39, 0.29) is 5.97 Å². The quantitative estimate of drug-likeness (QED) is 0.789. The molecule has 0 unspecified atom stereocenters. The predicted octanol–water partition coefficient (Wildman–Crippen LogP) is 2.18. The molecule has 0 aromatic carbocycles. The highest BCUT2D eigenvalue weighted by molar-refractivity contribution is 7.99. The third kappa shape index (κ3) is 2.93. The minimum absolute atomic E-state index is 0.250. The fraction of sp³-hybridized carbons (Fsp3) is 0.636. The monoisotopic (exact) mass is 272 g/mol. The summed E-state index contributed by atoms with van der Waals surface area (Å²) in [7, 11) is 0. The number of hydrogen-bond donors (Lipinski definition) is 0. The Morgan fingerprint density at radius 2 is 2.18 bits per heavy atom. The van der Waals surface area contributed by atoms with E-state index in [0.29, 0.717) is 11.5 Å². The average Bonchev–Trinajstić information content (AvgIpc) is 2.73. The molecule has 6 heteroatoms. The van der Waals surface area contributed by atoms with Crippen LogP contribution in [-0.4, -0.2) is 42.2 Å². The van der Waals surface area contributed by atoms with E-state index >= 15 is 0 Å². The van der Waals surface area contributed by atoms with Crippen LogP contribution >= 0.6 is 23.1 Å². The number of esters is 1. The van der Waals surface area contributed by atoms with Crippen molar-refractivity contribution in [1.29, 1.82) is 0 Å². The largest absolute Gasteiger partial charge is 0.462 e. The van der Waals surface area contributed by atoms with Crippen LogP contribution in [-0.2, 0) is 4.74 Å². The second-order valence-corrected chi connectivity index (χ2v) is 5.93. The Morgan fingerprint density at radius 1 is 1.47 bits per heavy atom. The molecule has 0 N–H and O–H groups in total. The molecule has 0 spiro atoms. The first-order valence-corrected chi connectivity index (χ1v) is 7.66. The summed E-state index contributed by atoms with van der Waals surface area (Å²) < 4.78 is 5.02. The minimum atomic E-state index is -0.250. The Bertz CT molecular complexity index is 400. The molecule has 0 atom stereocenters. The number of carbonyl (C=O) groups excluding carboxylic acids is 1. The van der Waals surface area contributed by atoms with Gasteiger partial charge in [0.05, 0.1) is 12.3 Å². The highest BCUT2D eigenvalue weighted by atomic mass is 32.2. The normalized spacial score (nSPS) is 16.0. The number of hydrogen-bond acceptors (Lipinski definition) is 6. The molecule has 1 aromatic rings. The summed E-state index contributed by atoms with van der Waals surface area (Å²) in [5.74, 6) is 2.01. The van der Waals surface area contributed by atoms with Gasteiger partial charge in [-0.25, -0.2) is 9.78 Å². The van der Waals surface area contributed by atoms with Crippen LogP contribution in [0.4, 0.5) is 5.13 Å². The molecule has 1 saturated heterocycles. The number of nitrogens with zero attached hydrogens (tertiary/aromatic N) is 2. The van der Waals surface area contributed by atoms with Crippen LogP contribution in [0.15, 0.2) is 0 Å². The molecule has 0 bridgehead atoms. The summed E-state index contributed by atoms with van der Waals surface area (Å²) in [4.78, 5) is 19.0. The van der Waals surface area contributed by atoms with Crippen molar-refractivity contribution in [2.24, 2.45) is 0 Å². The molecule has 2 heterocycles. The Morgan fingerprint density at radius 3 is 2.82 bits per heavy atom. The van der Waals surface area contributed by atoms with E-state index in [2.05, 4.69) is 9.88 Å². The van der Waals surface area contributed by atoms with E-state index in [0.717, 1.165) is 35.4 Å². The molecule has 1 aliphatic heterocycles. The van der Waals surface area contributed by atoms with Gasteiger partial charge in [-0.2, -0.15) is 11.8 Å². The van der Waals surface area contributed by atoms with Crippen molar-refractivity contribution in [3.63, 3.8) is 0 Å². The molecule has 1 fully saturated rings. The lowest BCUT2D eigenvalue weighted by molar-refractivity contribution is 0.0531. The van der Waals surface area contributed by atoms with Crippen molar-refractivity contribution < 1.29 is 9.53 Å². The standard InChI is InChI=1S/C11H16N2O2S2/c1-3-15-10(14)9-8(2)12-11(17-9)13-4-6-16-7-5-13/h3-7H2,1-2H3. The number of ether oxygens (including phenoxy) is 1. The number of anilines is 1. The maximum absolute atomic E-state index is 11.7. The highest BCUT2D eigenvalue weighted by Gasteiger charge is 2.20. The van der Waals surface area contributed by atoms with Crippen LogP contribution in [0.25, 0.3) is 0 Å². The van der Waals surface area contributed by atoms with Gasteiger partial charge in [0.2, 0.25) is 0 Å². The number of rotatable bonds is 3. The Hall–Kier alpha value is -0.750. The van der Waals surface area contributed by atoms with Gasteiger partial charge >= 0.3 is 5.97 Å². The number of thiazole rings is 1. The first-order chi connectivity index (χ1) is 8.22. The van der Waals surface area contributed by atoms with Crippen molar-refractivity contribution in [2.75, 3.05) is 36.1 Å². The summed E-state index contributed by atoms with van der Waals surface area (Å²) in [6.07, 6.45) is 0. The van der Waals surface area contributed by atoms with Crippen LogP contribution < -0.4 is 4.90 Å². The molecule has 17 heavy (non-hydrogen) atoms. The highest BCUT2D eigenvalue weighted by Crippen LogP contribution is 2.28. The summed E-state index contributed by atoms with van der Waals surface area (Å²) in [5, 5.41) is 0.950. The van der Waals surface area contributed by atoms with Gasteiger partial charge in [0.1, 0.15) is 4.88 Å². The SMILES string of the molecule is CCOC(=O)c1sc(N2CCSCC2)nc1C. The molecule has 4 nitrogen and oxygen atoms in total. The number of thioether (sulfide) groups is 1. The summed E-state index contributed by atoms with van der Waals surface area (Å²) in [6.45, 7) is 6.12. The van der Waals surface area contributed by atoms with Gasteiger partial charge in [-0.05, 0) is 13.8 Å². The van der Waals surface area contributed by atoms with Gasteiger partial charge < -0.3 is 9.64 Å². The van der Waals surface area contributed by atoms with E-state index in [1.807, 2.05) is 25.6 Å². The zero-order chi connectivity index (χ0) is 12.3. The third-order valence-electron chi connectivity index (χ3n) is 2.53. The van der Waals surface area contributed by atoms with Gasteiger partial charge in [0, 0.05) is 24.6 Å². The minimum Gasteiger partial charge on any atom is -0.462 e. The molecular weight excluding hydrogens is 256 g/mol. The molecule has 1 aliphatic rings. The molecular formula is C11H16N2O2S2. The van der Waals surface area contributed by atoms with Crippen LogP contribution in [0.1, 0.15) is 22.3 Å². The van der Waals surface area contributed by atoms with E-state index in [9.17, 15) is 4.79 Å². The molecule has 1 aromatic heterocycles. The molecule has 0 aliphatic carbocycles. The zero-order valence-corrected chi connectivity index (χ0v) is 11.7. The van der Waals surface area contributed by atoms with E-state index in [1.165, 1.54) is 11.3 Å². The fourth-order valence-corrected chi connectivity index (χ4v) is 3.57. The lowest BCUT2D eigenvalue weighted by Gasteiger charge is -2.25. The van der Waals surface area contributed by atoms with Gasteiger partial charge in [0.25, 0.3) is 0 Å². The van der Waals surface area contributed by atoms with Gasteiger partial charge in [0.15, 0.2) is 5.13 Å². The smallest absolute Gasteiger partial charge is 0.350 e. The third-order valence-corrected chi connectivity index (χ3v) is 4.67. The molecule has 0 radical (unpaired) electrons. The van der Waals surface area contributed by atoms with Crippen LogP contribution in [0.5, 0.6) is 0 Å². The second-order valence-electron chi connectivity index (χ2n) is 3.73. The molecule has 0 saturated carbocycles. The van der Waals surface area contributed by atoms with Crippen LogP contribution in [0.2, 0.25) is 0 Å². The molecule has 94 valence electrons. The van der Waals surface area contributed by atoms with Crippen molar-refractivity contribution in [1.82, 2.24) is 4.98 Å². The predicted molar refractivity (Wildman–Crippen MR) is 72.3 cm³/mol. The van der Waals surface area contributed by atoms with Crippen molar-refractivity contribution in [3.05, 3.63) is 10.6 Å². The Balaban J connectivity index is 2.14. The number of aromatic nitrogens is 1. The molecule has 0 amide bonds. The maximum atomic E-state index is 11.7. The topological polar surface area (TPSA) is 42.4 Å². The van der Waals surface area contributed by atoms with Crippen LogP contribution in [0.3, 0.4) is 0 Å². The molecule has 2 rings (SSSR count). The summed E-state index contributed by atoms with van der Waals surface area (Å²) >= 11 is 3.41. The van der Waals surface area contributed by atoms with Gasteiger partial charge in [-0.3, -0.25) is 0 Å². The first kappa shape index (κ1) is 12.7. The zero-order valence-electron chi connectivity index (χ0n) is 10.1. The lowest BCUT2D eigenvalue weighted by Crippen LogP contribution is -2.32. The number of carbonyl (C=O) groups is 1. The van der Waals surface area contributed by atoms with E-state index in [1.54, 1.807) is 0 Å². The summed E-state index contributed by atoms with van der Waals surface area (Å²) in [5.41, 5.74) is 0.779. The Kier molecular flexibility index (Phi) is 4.28. The Labute approximate surface area is 109 Å². The van der Waals surface area contributed by atoms with Crippen molar-refractivity contribution in [2.45, 2.75) is 13.8 Å². The van der Waals surface area contributed by atoms with Gasteiger partial charge in [-0.15, -0.1) is 0 Å². The van der Waals surface area contributed by atoms with Gasteiger partial charge in [-0.1, -0.05) is 11.3 Å². The fourth-order valence-electron chi connectivity index (χ4n) is 1.66. The van der Waals surface area contributed by atoms with E-state index in [4.69, 9.17) is 4.74 Å². The average molecular weight is 272 g/mol. The maximum Gasteiger partial charge on any atom is 0.350 e. The first-order valence-electron chi connectivity index (χ1n) is 5.69. The summed E-state index contributed by atoms with van der Waals surface area (Å²) in [6, 6.07) is 0. The van der Waals surface area contributed by atoms with E-state index < -0.39 is 0 Å². The number of aryl methyl sites for hydroxylation is 1. The van der Waals surface area contributed by atoms with Crippen molar-refractivity contribution >= 4 is 34.2 Å². The van der Waals surface area contributed by atoms with Crippen molar-refractivity contribution in [3.8, 4) is 0 Å². The van der Waals surface area contributed by atoms with Crippen LogP contribution in [0, 0.1) is 6.92 Å².